The minimum absolute atomic E-state index is 0.117. The van der Waals surface area contributed by atoms with Gasteiger partial charge >= 0.3 is 11.9 Å². The summed E-state index contributed by atoms with van der Waals surface area (Å²) in [6.07, 6.45) is 2.86. The Balaban J connectivity index is 2.03. The van der Waals surface area contributed by atoms with Crippen molar-refractivity contribution in [3.05, 3.63) is 35.5 Å². The summed E-state index contributed by atoms with van der Waals surface area (Å²) in [5.41, 5.74) is 1.46. The van der Waals surface area contributed by atoms with Crippen molar-refractivity contribution in [2.24, 2.45) is 0 Å². The number of carboxylic acids is 1. The first-order valence-corrected chi connectivity index (χ1v) is 9.00. The fraction of sp³-hybridized carbons (Fsp3) is 0.300. The molecule has 0 atom stereocenters. The Morgan fingerprint density at radius 2 is 2.10 bits per heavy atom. The van der Waals surface area contributed by atoms with Gasteiger partial charge in [0.1, 0.15) is 24.9 Å². The van der Waals surface area contributed by atoms with Crippen LogP contribution in [0.3, 0.4) is 0 Å². The second-order valence-electron chi connectivity index (χ2n) is 6.09. The number of nitriles is 1. The Bertz CT molecular complexity index is 1000. The molecule has 0 saturated heterocycles. The van der Waals surface area contributed by atoms with Crippen LogP contribution in [0, 0.1) is 11.3 Å². The van der Waals surface area contributed by atoms with Crippen LogP contribution in [0.15, 0.2) is 30.0 Å². The number of esters is 1. The molecular formula is C20H19N3O6. The first-order chi connectivity index (χ1) is 14.0. The number of aryl methyl sites for hydroxylation is 1. The van der Waals surface area contributed by atoms with Crippen LogP contribution in [0.2, 0.25) is 0 Å². The lowest BCUT2D eigenvalue weighted by Crippen LogP contribution is -2.15. The number of carboxylic acid groups (broad SMARTS) is 1. The van der Waals surface area contributed by atoms with E-state index in [1.165, 1.54) is 10.8 Å². The minimum atomic E-state index is -0.956. The molecule has 0 fully saturated rings. The van der Waals surface area contributed by atoms with Gasteiger partial charge in [0.2, 0.25) is 0 Å². The summed E-state index contributed by atoms with van der Waals surface area (Å²) < 4.78 is 17.5. The summed E-state index contributed by atoms with van der Waals surface area (Å²) in [5.74, 6) is -0.509. The molecule has 2 aromatic rings. The topological polar surface area (TPSA) is 124 Å². The standard InChI is InChI=1S/C20H19N3O6/c1-2-27-20(26)14(11-21)9-15-12-23(6-5-18(24)25)22-19(15)13-3-4-16-17(10-13)29-8-7-28-16/h3-4,9-10,12H,2,5-8H2,1H3,(H,24,25). The maximum Gasteiger partial charge on any atom is 0.348 e. The minimum Gasteiger partial charge on any atom is -0.486 e. The molecule has 9 heteroatoms. The normalized spacial score (nSPS) is 12.9. The highest BCUT2D eigenvalue weighted by atomic mass is 16.6. The first-order valence-electron chi connectivity index (χ1n) is 9.00. The molecule has 0 amide bonds. The first kappa shape index (κ1) is 19.9. The molecule has 0 bridgehead atoms. The molecular weight excluding hydrogens is 378 g/mol. The summed E-state index contributed by atoms with van der Waals surface area (Å²) in [6.45, 7) is 2.83. The zero-order valence-electron chi connectivity index (χ0n) is 15.8. The van der Waals surface area contributed by atoms with Crippen molar-refractivity contribution in [1.29, 1.82) is 5.26 Å². The van der Waals surface area contributed by atoms with E-state index in [0.717, 1.165) is 0 Å². The van der Waals surface area contributed by atoms with Gasteiger partial charge in [0, 0.05) is 17.3 Å². The van der Waals surface area contributed by atoms with Crippen molar-refractivity contribution in [1.82, 2.24) is 9.78 Å². The highest BCUT2D eigenvalue weighted by Crippen LogP contribution is 2.35. The molecule has 0 unspecified atom stereocenters. The number of hydrogen-bond donors (Lipinski definition) is 1. The zero-order valence-corrected chi connectivity index (χ0v) is 15.8. The molecule has 0 radical (unpaired) electrons. The van der Waals surface area contributed by atoms with E-state index in [1.54, 1.807) is 31.3 Å². The van der Waals surface area contributed by atoms with E-state index < -0.39 is 11.9 Å². The van der Waals surface area contributed by atoms with E-state index in [-0.39, 0.29) is 25.1 Å². The second-order valence-corrected chi connectivity index (χ2v) is 6.09. The Morgan fingerprint density at radius 3 is 2.79 bits per heavy atom. The molecule has 0 spiro atoms. The number of rotatable bonds is 7. The van der Waals surface area contributed by atoms with E-state index in [4.69, 9.17) is 19.3 Å². The quantitative estimate of drug-likeness (QED) is 0.429. The molecule has 3 rings (SSSR count). The zero-order chi connectivity index (χ0) is 20.8. The van der Waals surface area contributed by atoms with Crippen molar-refractivity contribution in [3.8, 4) is 28.8 Å². The van der Waals surface area contributed by atoms with Crippen LogP contribution in [0.4, 0.5) is 0 Å². The van der Waals surface area contributed by atoms with E-state index in [2.05, 4.69) is 5.10 Å². The van der Waals surface area contributed by atoms with Gasteiger partial charge in [-0.1, -0.05) is 0 Å². The summed E-state index contributed by atoms with van der Waals surface area (Å²) in [5, 5.41) is 22.7. The number of carbonyl (C=O) groups excluding carboxylic acids is 1. The third-order valence-corrected chi connectivity index (χ3v) is 4.08. The van der Waals surface area contributed by atoms with Gasteiger partial charge in [-0.15, -0.1) is 0 Å². The molecule has 1 aromatic carbocycles. The Labute approximate surface area is 166 Å². The number of ether oxygens (including phenoxy) is 3. The molecule has 1 aromatic heterocycles. The third-order valence-electron chi connectivity index (χ3n) is 4.08. The van der Waals surface area contributed by atoms with E-state index >= 15 is 0 Å². The van der Waals surface area contributed by atoms with Crippen molar-refractivity contribution in [2.75, 3.05) is 19.8 Å². The fourth-order valence-electron chi connectivity index (χ4n) is 2.78. The van der Waals surface area contributed by atoms with E-state index in [0.29, 0.717) is 41.5 Å². The average molecular weight is 397 g/mol. The molecule has 9 nitrogen and oxygen atoms in total. The lowest BCUT2D eigenvalue weighted by molar-refractivity contribution is -0.138. The lowest BCUT2D eigenvalue weighted by Gasteiger charge is -2.18. The highest BCUT2D eigenvalue weighted by molar-refractivity contribution is 5.98. The van der Waals surface area contributed by atoms with Crippen molar-refractivity contribution >= 4 is 18.0 Å². The van der Waals surface area contributed by atoms with Crippen LogP contribution >= 0.6 is 0 Å². The number of fused-ring (bicyclic) bond motifs is 1. The lowest BCUT2D eigenvalue weighted by atomic mass is 10.1. The van der Waals surface area contributed by atoms with Gasteiger partial charge in [-0.25, -0.2) is 4.79 Å². The number of hydrogen-bond acceptors (Lipinski definition) is 7. The predicted molar refractivity (Wildman–Crippen MR) is 101 cm³/mol. The van der Waals surface area contributed by atoms with Gasteiger partial charge in [0.15, 0.2) is 11.5 Å². The van der Waals surface area contributed by atoms with Gasteiger partial charge in [-0.05, 0) is 31.2 Å². The SMILES string of the molecule is CCOC(=O)C(C#N)=Cc1cn(CCC(=O)O)nc1-c1ccc2c(c1)OCCO2. The molecule has 0 aliphatic carbocycles. The third kappa shape index (κ3) is 4.73. The number of benzene rings is 1. The van der Waals surface area contributed by atoms with Gasteiger partial charge in [0.25, 0.3) is 0 Å². The van der Waals surface area contributed by atoms with Crippen LogP contribution in [0.5, 0.6) is 11.5 Å². The summed E-state index contributed by atoms with van der Waals surface area (Å²) >= 11 is 0. The average Bonchev–Trinajstić information content (AvgIpc) is 3.13. The number of aromatic nitrogens is 2. The second kappa shape index (κ2) is 8.93. The molecule has 1 aliphatic rings. The van der Waals surface area contributed by atoms with Gasteiger partial charge in [-0.2, -0.15) is 10.4 Å². The fourth-order valence-corrected chi connectivity index (χ4v) is 2.78. The Hall–Kier alpha value is -3.80. The van der Waals surface area contributed by atoms with Gasteiger partial charge in [0.05, 0.1) is 25.3 Å². The van der Waals surface area contributed by atoms with Gasteiger partial charge < -0.3 is 19.3 Å². The smallest absolute Gasteiger partial charge is 0.348 e. The summed E-state index contributed by atoms with van der Waals surface area (Å²) in [4.78, 5) is 22.9. The van der Waals surface area contributed by atoms with Crippen LogP contribution in [0.25, 0.3) is 17.3 Å². The van der Waals surface area contributed by atoms with Crippen molar-refractivity contribution in [2.45, 2.75) is 19.9 Å². The van der Waals surface area contributed by atoms with E-state index in [9.17, 15) is 14.9 Å². The van der Waals surface area contributed by atoms with Crippen LogP contribution in [-0.4, -0.2) is 46.6 Å². The maximum absolute atomic E-state index is 12.0. The number of carbonyl (C=O) groups is 2. The van der Waals surface area contributed by atoms with Crippen LogP contribution in [0.1, 0.15) is 18.9 Å². The van der Waals surface area contributed by atoms with Gasteiger partial charge in [-0.3, -0.25) is 9.48 Å². The number of nitrogens with zero attached hydrogens (tertiary/aromatic N) is 3. The molecule has 1 N–H and O–H groups in total. The Kier molecular flexibility index (Phi) is 6.14. The van der Waals surface area contributed by atoms with Crippen molar-refractivity contribution in [3.63, 3.8) is 0 Å². The van der Waals surface area contributed by atoms with E-state index in [1.807, 2.05) is 6.07 Å². The molecule has 150 valence electrons. The monoisotopic (exact) mass is 397 g/mol. The molecule has 2 heterocycles. The number of aliphatic carboxylic acids is 1. The molecule has 29 heavy (non-hydrogen) atoms. The van der Waals surface area contributed by atoms with Crippen LogP contribution in [-0.2, 0) is 20.9 Å². The largest absolute Gasteiger partial charge is 0.486 e. The predicted octanol–water partition coefficient (Wildman–Crippen LogP) is 2.27. The maximum atomic E-state index is 12.0. The summed E-state index contributed by atoms with van der Waals surface area (Å²) in [7, 11) is 0. The Morgan fingerprint density at radius 1 is 1.34 bits per heavy atom. The molecule has 1 aliphatic heterocycles. The highest BCUT2D eigenvalue weighted by Gasteiger charge is 2.18. The summed E-state index contributed by atoms with van der Waals surface area (Å²) in [6, 6.07) is 7.13. The van der Waals surface area contributed by atoms with Crippen LogP contribution < -0.4 is 9.47 Å². The van der Waals surface area contributed by atoms with Crippen molar-refractivity contribution < 1.29 is 28.9 Å². The molecule has 0 saturated carbocycles.